The molecule has 0 heterocycles. The molecule has 0 fully saturated rings. The van der Waals surface area contributed by atoms with E-state index in [0.717, 1.165) is 0 Å². The summed E-state index contributed by atoms with van der Waals surface area (Å²) >= 11 is 0. The van der Waals surface area contributed by atoms with Gasteiger partial charge >= 0.3 is 5.97 Å². The Morgan fingerprint density at radius 3 is 1.83 bits per heavy atom. The average molecular weight is 94.1 g/mol. The SMILES string of the molecule is COC(C)=O.F. The molecule has 0 aromatic rings. The van der Waals surface area contributed by atoms with Gasteiger partial charge in [-0.25, -0.2) is 0 Å². The lowest BCUT2D eigenvalue weighted by atomic mass is 10.8. The molecule has 0 spiro atoms. The highest BCUT2D eigenvalue weighted by molar-refractivity contribution is 5.65. The zero-order valence-electron chi connectivity index (χ0n) is 3.72. The maximum absolute atomic E-state index is 9.59. The van der Waals surface area contributed by atoms with E-state index in [0.29, 0.717) is 0 Å². The van der Waals surface area contributed by atoms with Crippen LogP contribution in [0.3, 0.4) is 0 Å². The smallest absolute Gasteiger partial charge is 0.302 e. The van der Waals surface area contributed by atoms with Crippen molar-refractivity contribution in [2.75, 3.05) is 7.11 Å². The zero-order chi connectivity index (χ0) is 4.28. The van der Waals surface area contributed by atoms with Crippen molar-refractivity contribution in [2.24, 2.45) is 0 Å². The summed E-state index contributed by atoms with van der Waals surface area (Å²) in [6, 6.07) is 0. The summed E-state index contributed by atoms with van der Waals surface area (Å²) in [5.41, 5.74) is 0. The maximum Gasteiger partial charge on any atom is 0.302 e. The van der Waals surface area contributed by atoms with Crippen LogP contribution in [0.1, 0.15) is 6.92 Å². The Bertz CT molecular complexity index is 44.1. The molecule has 0 saturated heterocycles. The Labute approximate surface area is 35.5 Å². The van der Waals surface area contributed by atoms with Crippen LogP contribution in [0.5, 0.6) is 0 Å². The van der Waals surface area contributed by atoms with Gasteiger partial charge in [0.05, 0.1) is 7.11 Å². The summed E-state index contributed by atoms with van der Waals surface area (Å²) in [5, 5.41) is 0. The number of esters is 1. The first-order chi connectivity index (χ1) is 2.27. The van der Waals surface area contributed by atoms with E-state index < -0.39 is 0 Å². The van der Waals surface area contributed by atoms with Gasteiger partial charge in [-0.05, 0) is 0 Å². The Morgan fingerprint density at radius 2 is 1.83 bits per heavy atom. The molecule has 0 atom stereocenters. The molecular weight excluding hydrogens is 87.0 g/mol. The normalized spacial score (nSPS) is 5.67. The van der Waals surface area contributed by atoms with Crippen LogP contribution in [0, 0.1) is 0 Å². The maximum atomic E-state index is 9.59. The highest BCUT2D eigenvalue weighted by atomic mass is 19.0. The number of methoxy groups -OCH3 is 1. The molecule has 0 aliphatic heterocycles. The lowest BCUT2D eigenvalue weighted by Crippen LogP contribution is -1.88. The van der Waals surface area contributed by atoms with Crippen molar-refractivity contribution >= 4 is 5.97 Å². The fourth-order valence-corrected chi connectivity index (χ4v) is 0. The Morgan fingerprint density at radius 1 is 1.67 bits per heavy atom. The van der Waals surface area contributed by atoms with E-state index in [2.05, 4.69) is 4.74 Å². The summed E-state index contributed by atoms with van der Waals surface area (Å²) in [6.07, 6.45) is 0. The monoisotopic (exact) mass is 94.0 g/mol. The fraction of sp³-hybridized carbons (Fsp3) is 0.667. The minimum atomic E-state index is -0.245. The van der Waals surface area contributed by atoms with Crippen LogP contribution >= 0.6 is 0 Å². The third-order valence-electron chi connectivity index (χ3n) is 0.287. The van der Waals surface area contributed by atoms with E-state index in [1.54, 1.807) is 0 Å². The molecule has 0 radical (unpaired) electrons. The Balaban J connectivity index is 0. The van der Waals surface area contributed by atoms with Gasteiger partial charge in [0.15, 0.2) is 0 Å². The third kappa shape index (κ3) is 9.99. The summed E-state index contributed by atoms with van der Waals surface area (Å²) in [4.78, 5) is 9.59. The Kier molecular flexibility index (Phi) is 6.63. The van der Waals surface area contributed by atoms with Crippen LogP contribution in [0.15, 0.2) is 0 Å². The van der Waals surface area contributed by atoms with Crippen LogP contribution in [-0.4, -0.2) is 13.1 Å². The molecule has 0 saturated carbocycles. The number of hydrogen-bond acceptors (Lipinski definition) is 2. The lowest BCUT2D eigenvalue weighted by molar-refractivity contribution is -0.137. The van der Waals surface area contributed by atoms with Crippen molar-refractivity contribution < 1.29 is 14.2 Å². The second-order valence-corrected chi connectivity index (χ2v) is 0.696. The number of carbonyl (C=O) groups excluding carboxylic acids is 1. The van der Waals surface area contributed by atoms with Gasteiger partial charge in [0.25, 0.3) is 0 Å². The topological polar surface area (TPSA) is 26.3 Å². The molecule has 0 aliphatic rings. The van der Waals surface area contributed by atoms with Crippen molar-refractivity contribution in [1.29, 1.82) is 0 Å². The van der Waals surface area contributed by atoms with E-state index in [1.165, 1.54) is 14.0 Å². The number of hydrogen-bond donors (Lipinski definition) is 0. The van der Waals surface area contributed by atoms with Crippen molar-refractivity contribution in [3.63, 3.8) is 0 Å². The number of halogens is 1. The first-order valence-corrected chi connectivity index (χ1v) is 1.32. The van der Waals surface area contributed by atoms with E-state index in [9.17, 15) is 4.79 Å². The molecule has 0 aliphatic carbocycles. The van der Waals surface area contributed by atoms with Crippen LogP contribution in [0.2, 0.25) is 0 Å². The van der Waals surface area contributed by atoms with Gasteiger partial charge in [-0.3, -0.25) is 9.50 Å². The molecule has 0 amide bonds. The lowest BCUT2D eigenvalue weighted by Gasteiger charge is -1.80. The van der Waals surface area contributed by atoms with Crippen molar-refractivity contribution in [1.82, 2.24) is 0 Å². The summed E-state index contributed by atoms with van der Waals surface area (Å²) < 4.78 is 4.11. The molecule has 38 valence electrons. The predicted octanol–water partition coefficient (Wildman–Crippen LogP) is 0.332. The van der Waals surface area contributed by atoms with Crippen LogP contribution < -0.4 is 0 Å². The second kappa shape index (κ2) is 4.40. The van der Waals surface area contributed by atoms with Gasteiger partial charge in [0.1, 0.15) is 0 Å². The van der Waals surface area contributed by atoms with E-state index in [4.69, 9.17) is 0 Å². The first kappa shape index (κ1) is 9.04. The molecule has 0 rings (SSSR count). The zero-order valence-corrected chi connectivity index (χ0v) is 3.72. The van der Waals surface area contributed by atoms with Gasteiger partial charge in [0, 0.05) is 6.92 Å². The molecule has 6 heavy (non-hydrogen) atoms. The molecular formula is C3H7FO2. The van der Waals surface area contributed by atoms with Crippen molar-refractivity contribution in [3.8, 4) is 0 Å². The van der Waals surface area contributed by atoms with E-state index in [-0.39, 0.29) is 10.7 Å². The van der Waals surface area contributed by atoms with Gasteiger partial charge in [-0.2, -0.15) is 0 Å². The summed E-state index contributed by atoms with van der Waals surface area (Å²) in [7, 11) is 1.35. The minimum Gasteiger partial charge on any atom is -0.469 e. The van der Waals surface area contributed by atoms with Crippen molar-refractivity contribution in [2.45, 2.75) is 6.92 Å². The standard InChI is InChI=1S/C3H6O2.FH/c1-3(4)5-2;/h1-2H3;1H. The van der Waals surface area contributed by atoms with Crippen LogP contribution in [-0.2, 0) is 9.53 Å². The number of ether oxygens (including phenoxy) is 1. The molecule has 0 N–H and O–H groups in total. The average Bonchev–Trinajstić information content (AvgIpc) is 1.38. The molecule has 3 heteroatoms. The van der Waals surface area contributed by atoms with Gasteiger partial charge in [-0.15, -0.1) is 0 Å². The highest BCUT2D eigenvalue weighted by Gasteiger charge is 1.75. The molecule has 2 nitrogen and oxygen atoms in total. The first-order valence-electron chi connectivity index (χ1n) is 1.32. The van der Waals surface area contributed by atoms with Gasteiger partial charge in [-0.1, -0.05) is 0 Å². The summed E-state index contributed by atoms with van der Waals surface area (Å²) in [6.45, 7) is 1.36. The summed E-state index contributed by atoms with van der Waals surface area (Å²) in [5.74, 6) is -0.245. The highest BCUT2D eigenvalue weighted by Crippen LogP contribution is 1.60. The van der Waals surface area contributed by atoms with E-state index in [1.807, 2.05) is 0 Å². The minimum absolute atomic E-state index is 0. The van der Waals surface area contributed by atoms with Crippen molar-refractivity contribution in [3.05, 3.63) is 0 Å². The van der Waals surface area contributed by atoms with Gasteiger partial charge < -0.3 is 4.74 Å². The van der Waals surface area contributed by atoms with Gasteiger partial charge in [0.2, 0.25) is 0 Å². The molecule has 0 bridgehead atoms. The largest absolute Gasteiger partial charge is 0.469 e. The molecule has 0 aromatic heterocycles. The molecule has 0 unspecified atom stereocenters. The third-order valence-corrected chi connectivity index (χ3v) is 0.287. The predicted molar refractivity (Wildman–Crippen MR) is 20.2 cm³/mol. The quantitative estimate of drug-likeness (QED) is 0.404. The fourth-order valence-electron chi connectivity index (χ4n) is 0. The second-order valence-electron chi connectivity index (χ2n) is 0.696. The van der Waals surface area contributed by atoms with Crippen LogP contribution in [0.4, 0.5) is 4.70 Å². The van der Waals surface area contributed by atoms with Crippen LogP contribution in [0.25, 0.3) is 0 Å². The van der Waals surface area contributed by atoms with E-state index >= 15 is 0 Å². The number of rotatable bonds is 0. The molecule has 0 aromatic carbocycles. The Hall–Kier alpha value is -0.600. The number of carbonyl (C=O) groups is 1.